The van der Waals surface area contributed by atoms with Gasteiger partial charge in [-0.15, -0.1) is 0 Å². The number of nitrogens with one attached hydrogen (secondary N) is 2. The minimum atomic E-state index is -3.01. The normalized spacial score (nSPS) is 18.9. The van der Waals surface area contributed by atoms with Gasteiger partial charge in [0.25, 0.3) is 5.91 Å². The quantitative estimate of drug-likeness (QED) is 0.838. The second kappa shape index (κ2) is 6.96. The Kier molecular flexibility index (Phi) is 4.75. The molecule has 2 N–H and O–H groups in total. The third-order valence-electron chi connectivity index (χ3n) is 3.78. The van der Waals surface area contributed by atoms with Gasteiger partial charge in [-0.1, -0.05) is 6.07 Å². The van der Waals surface area contributed by atoms with Crippen molar-refractivity contribution in [1.82, 2.24) is 15.3 Å². The van der Waals surface area contributed by atoms with E-state index >= 15 is 0 Å². The molecule has 2 aromatic heterocycles. The van der Waals surface area contributed by atoms with Crippen molar-refractivity contribution >= 4 is 21.4 Å². The second-order valence-corrected chi connectivity index (χ2v) is 7.95. The van der Waals surface area contributed by atoms with Crippen LogP contribution in [0.25, 0.3) is 0 Å². The summed E-state index contributed by atoms with van der Waals surface area (Å²) >= 11 is 0. The first-order valence-electron chi connectivity index (χ1n) is 7.62. The molecule has 1 aliphatic rings. The Balaban J connectivity index is 1.55. The van der Waals surface area contributed by atoms with Crippen molar-refractivity contribution in [1.29, 1.82) is 0 Å². The highest BCUT2D eigenvalue weighted by molar-refractivity contribution is 7.91. The summed E-state index contributed by atoms with van der Waals surface area (Å²) in [5.74, 6) is -0.220. The number of aromatic nitrogens is 2. The monoisotopic (exact) mass is 346 g/mol. The van der Waals surface area contributed by atoms with Gasteiger partial charge in [-0.25, -0.2) is 13.4 Å². The first-order valence-corrected chi connectivity index (χ1v) is 9.44. The molecule has 0 bridgehead atoms. The van der Waals surface area contributed by atoms with E-state index in [0.717, 1.165) is 11.3 Å². The highest BCUT2D eigenvalue weighted by Gasteiger charge is 2.29. The predicted molar refractivity (Wildman–Crippen MR) is 90.3 cm³/mol. The van der Waals surface area contributed by atoms with Crippen molar-refractivity contribution in [2.24, 2.45) is 0 Å². The van der Waals surface area contributed by atoms with Crippen LogP contribution in [0, 0.1) is 0 Å². The molecular formula is C16H18N4O3S. The maximum absolute atomic E-state index is 12.1. The number of carbonyl (C=O) groups excluding carboxylic acids is 1. The van der Waals surface area contributed by atoms with E-state index in [1.165, 1.54) is 0 Å². The van der Waals surface area contributed by atoms with Crippen LogP contribution in [0.2, 0.25) is 0 Å². The molecule has 1 fully saturated rings. The molecule has 0 spiro atoms. The van der Waals surface area contributed by atoms with E-state index in [1.807, 2.05) is 12.1 Å². The maximum atomic E-state index is 12.1. The lowest BCUT2D eigenvalue weighted by Gasteiger charge is -2.11. The zero-order chi connectivity index (χ0) is 17.0. The summed E-state index contributed by atoms with van der Waals surface area (Å²) in [6.45, 7) is 0.612. The highest BCUT2D eigenvalue weighted by atomic mass is 32.2. The number of amides is 1. The topological polar surface area (TPSA) is 101 Å². The molecule has 2 aromatic rings. The molecule has 1 atom stereocenters. The van der Waals surface area contributed by atoms with E-state index < -0.39 is 9.84 Å². The zero-order valence-electron chi connectivity index (χ0n) is 13.0. The van der Waals surface area contributed by atoms with E-state index in [9.17, 15) is 13.2 Å². The summed E-state index contributed by atoms with van der Waals surface area (Å²) in [5, 5.41) is 5.92. The number of rotatable bonds is 5. The number of sulfone groups is 1. The van der Waals surface area contributed by atoms with Crippen molar-refractivity contribution < 1.29 is 13.2 Å². The molecular weight excluding hydrogens is 328 g/mol. The molecule has 24 heavy (non-hydrogen) atoms. The summed E-state index contributed by atoms with van der Waals surface area (Å²) in [5.41, 5.74) is 2.10. The van der Waals surface area contributed by atoms with E-state index in [1.54, 1.807) is 30.7 Å². The summed E-state index contributed by atoms with van der Waals surface area (Å²) in [6, 6.07) is 6.89. The van der Waals surface area contributed by atoms with Gasteiger partial charge in [-0.05, 0) is 30.2 Å². The van der Waals surface area contributed by atoms with E-state index in [0.29, 0.717) is 13.0 Å². The molecule has 0 aliphatic carbocycles. The Bertz CT molecular complexity index is 807. The fraction of sp³-hybridized carbons (Fsp3) is 0.312. The molecule has 126 valence electrons. The van der Waals surface area contributed by atoms with Gasteiger partial charge in [0.15, 0.2) is 9.84 Å². The SMILES string of the molecule is O=C(NC1CCS(=O)(=O)C1)c1ccc(NCc2cccnc2)cn1. The number of carbonyl (C=O) groups is 1. The molecule has 0 aromatic carbocycles. The van der Waals surface area contributed by atoms with Crippen LogP contribution in [0.1, 0.15) is 22.5 Å². The van der Waals surface area contributed by atoms with Crippen LogP contribution < -0.4 is 10.6 Å². The van der Waals surface area contributed by atoms with Crippen LogP contribution in [0.4, 0.5) is 5.69 Å². The number of pyridine rings is 2. The Morgan fingerprint density at radius 3 is 2.75 bits per heavy atom. The van der Waals surface area contributed by atoms with E-state index in [4.69, 9.17) is 0 Å². The summed E-state index contributed by atoms with van der Waals surface area (Å²) in [6.07, 6.45) is 5.53. The zero-order valence-corrected chi connectivity index (χ0v) is 13.8. The average molecular weight is 346 g/mol. The molecule has 0 saturated carbocycles. The van der Waals surface area contributed by atoms with Crippen molar-refractivity contribution in [2.75, 3.05) is 16.8 Å². The Morgan fingerprint density at radius 1 is 1.25 bits per heavy atom. The lowest BCUT2D eigenvalue weighted by molar-refractivity contribution is 0.0936. The van der Waals surface area contributed by atoms with E-state index in [2.05, 4.69) is 20.6 Å². The minimum Gasteiger partial charge on any atom is -0.380 e. The Hall–Kier alpha value is -2.48. The van der Waals surface area contributed by atoms with Gasteiger partial charge in [-0.2, -0.15) is 0 Å². The number of nitrogens with zero attached hydrogens (tertiary/aromatic N) is 2. The molecule has 1 aliphatic heterocycles. The summed E-state index contributed by atoms with van der Waals surface area (Å²) in [7, 11) is -3.01. The van der Waals surface area contributed by atoms with Crippen LogP contribution in [-0.2, 0) is 16.4 Å². The van der Waals surface area contributed by atoms with Crippen molar-refractivity contribution in [3.05, 3.63) is 54.1 Å². The number of hydrogen-bond donors (Lipinski definition) is 2. The van der Waals surface area contributed by atoms with Crippen molar-refractivity contribution in [3.63, 3.8) is 0 Å². The molecule has 3 rings (SSSR count). The highest BCUT2D eigenvalue weighted by Crippen LogP contribution is 2.13. The first kappa shape index (κ1) is 16.4. The van der Waals surface area contributed by atoms with Gasteiger partial charge in [-0.3, -0.25) is 9.78 Å². The van der Waals surface area contributed by atoms with Gasteiger partial charge >= 0.3 is 0 Å². The second-order valence-electron chi connectivity index (χ2n) is 5.72. The van der Waals surface area contributed by atoms with Crippen LogP contribution in [0.3, 0.4) is 0 Å². The van der Waals surface area contributed by atoms with Gasteiger partial charge < -0.3 is 10.6 Å². The van der Waals surface area contributed by atoms with Crippen LogP contribution in [-0.4, -0.2) is 41.8 Å². The van der Waals surface area contributed by atoms with Crippen LogP contribution >= 0.6 is 0 Å². The lowest BCUT2D eigenvalue weighted by Crippen LogP contribution is -2.36. The Labute approximate surface area is 140 Å². The number of anilines is 1. The molecule has 8 heteroatoms. The first-order chi connectivity index (χ1) is 11.5. The fourth-order valence-electron chi connectivity index (χ4n) is 2.51. The van der Waals surface area contributed by atoms with Gasteiger partial charge in [0.1, 0.15) is 5.69 Å². The third kappa shape index (κ3) is 4.29. The number of hydrogen-bond acceptors (Lipinski definition) is 6. The Morgan fingerprint density at radius 2 is 2.12 bits per heavy atom. The van der Waals surface area contributed by atoms with Crippen molar-refractivity contribution in [2.45, 2.75) is 19.0 Å². The molecule has 3 heterocycles. The molecule has 1 unspecified atom stereocenters. The maximum Gasteiger partial charge on any atom is 0.270 e. The molecule has 0 radical (unpaired) electrons. The summed E-state index contributed by atoms with van der Waals surface area (Å²) in [4.78, 5) is 20.3. The van der Waals surface area contributed by atoms with E-state index in [-0.39, 0.29) is 29.1 Å². The molecule has 1 amide bonds. The van der Waals surface area contributed by atoms with Gasteiger partial charge in [0.2, 0.25) is 0 Å². The molecule has 7 nitrogen and oxygen atoms in total. The van der Waals surface area contributed by atoms with Crippen LogP contribution in [0.5, 0.6) is 0 Å². The standard InChI is InChI=1S/C16H18N4O3S/c21-16(20-14-5-7-24(22,23)11-14)15-4-3-13(10-19-15)18-9-12-2-1-6-17-8-12/h1-4,6,8,10,14,18H,5,7,9,11H2,(H,20,21). The fourth-order valence-corrected chi connectivity index (χ4v) is 4.18. The van der Waals surface area contributed by atoms with Gasteiger partial charge in [0.05, 0.1) is 23.4 Å². The van der Waals surface area contributed by atoms with Crippen molar-refractivity contribution in [3.8, 4) is 0 Å². The average Bonchev–Trinajstić information content (AvgIpc) is 2.93. The largest absolute Gasteiger partial charge is 0.380 e. The smallest absolute Gasteiger partial charge is 0.270 e. The predicted octanol–water partition coefficient (Wildman–Crippen LogP) is 1.01. The minimum absolute atomic E-state index is 0.00346. The van der Waals surface area contributed by atoms with Gasteiger partial charge in [0, 0.05) is 25.0 Å². The molecule has 1 saturated heterocycles. The van der Waals surface area contributed by atoms with Crippen LogP contribution in [0.15, 0.2) is 42.9 Å². The lowest BCUT2D eigenvalue weighted by atomic mass is 10.2. The third-order valence-corrected chi connectivity index (χ3v) is 5.55. The summed E-state index contributed by atoms with van der Waals surface area (Å²) < 4.78 is 22.8.